The molecule has 0 unspecified atom stereocenters. The highest BCUT2D eigenvalue weighted by molar-refractivity contribution is 4.99. The predicted octanol–water partition coefficient (Wildman–Crippen LogP) is 1.23. The maximum atomic E-state index is 6.15. The van der Waals surface area contributed by atoms with Crippen LogP contribution in [0.4, 0.5) is 0 Å². The van der Waals surface area contributed by atoms with Gasteiger partial charge in [0.1, 0.15) is 0 Å². The third-order valence-electron chi connectivity index (χ3n) is 2.73. The molecule has 3 nitrogen and oxygen atoms in total. The number of hydrogen-bond donors (Lipinski definition) is 1. The number of ether oxygens (including phenoxy) is 1. The van der Waals surface area contributed by atoms with Crippen LogP contribution in [0, 0.1) is 0 Å². The Morgan fingerprint density at radius 2 is 1.93 bits per heavy atom. The summed E-state index contributed by atoms with van der Waals surface area (Å²) in [5.74, 6) is 0. The molecule has 1 aliphatic rings. The Morgan fingerprint density at radius 1 is 1.21 bits per heavy atom. The van der Waals surface area contributed by atoms with E-state index < -0.39 is 0 Å². The van der Waals surface area contributed by atoms with Crippen molar-refractivity contribution in [2.24, 2.45) is 5.73 Å². The molecule has 0 spiro atoms. The minimum atomic E-state index is 0.111. The van der Waals surface area contributed by atoms with Crippen LogP contribution in [0.15, 0.2) is 0 Å². The van der Waals surface area contributed by atoms with E-state index in [1.165, 1.54) is 6.42 Å². The first kappa shape index (κ1) is 12.0. The van der Waals surface area contributed by atoms with E-state index in [0.717, 1.165) is 45.7 Å². The predicted molar refractivity (Wildman–Crippen MR) is 59.4 cm³/mol. The molecule has 3 heteroatoms. The highest BCUT2D eigenvalue weighted by Gasteiger charge is 2.37. The lowest BCUT2D eigenvalue weighted by atomic mass is 9.86. The van der Waals surface area contributed by atoms with Crippen molar-refractivity contribution in [2.75, 3.05) is 32.8 Å². The van der Waals surface area contributed by atoms with Crippen LogP contribution in [0.3, 0.4) is 0 Å². The average molecular weight is 200 g/mol. The molecule has 0 atom stereocenters. The van der Waals surface area contributed by atoms with Crippen molar-refractivity contribution in [1.29, 1.82) is 0 Å². The molecule has 0 saturated carbocycles. The molecule has 0 aromatic rings. The lowest BCUT2D eigenvalue weighted by Crippen LogP contribution is -2.67. The maximum absolute atomic E-state index is 6.15. The van der Waals surface area contributed by atoms with Crippen LogP contribution in [0.2, 0.25) is 0 Å². The smallest absolute Gasteiger partial charge is 0.0593 e. The first-order chi connectivity index (χ1) is 6.70. The molecular formula is C11H24N2O. The Bertz CT molecular complexity index is 155. The molecule has 14 heavy (non-hydrogen) atoms. The Labute approximate surface area is 87.6 Å². The van der Waals surface area contributed by atoms with Crippen molar-refractivity contribution in [3.8, 4) is 0 Å². The maximum Gasteiger partial charge on any atom is 0.0593 e. The summed E-state index contributed by atoms with van der Waals surface area (Å²) >= 11 is 0. The molecule has 1 aliphatic heterocycles. The quantitative estimate of drug-likeness (QED) is 0.628. The summed E-state index contributed by atoms with van der Waals surface area (Å²) < 4.78 is 5.43. The van der Waals surface area contributed by atoms with Gasteiger partial charge in [-0.25, -0.2) is 0 Å². The number of likely N-dealkylation sites (tertiary alicyclic amines) is 1. The molecular weight excluding hydrogens is 176 g/mol. The summed E-state index contributed by atoms with van der Waals surface area (Å²) in [6, 6.07) is 0. The van der Waals surface area contributed by atoms with E-state index in [0.29, 0.717) is 0 Å². The van der Waals surface area contributed by atoms with Gasteiger partial charge in [-0.2, -0.15) is 0 Å². The number of nitrogens with two attached hydrogens (primary N) is 1. The van der Waals surface area contributed by atoms with Crippen molar-refractivity contribution < 1.29 is 4.74 Å². The average Bonchev–Trinajstić information content (AvgIpc) is 2.10. The second-order valence-corrected chi connectivity index (χ2v) is 4.44. The van der Waals surface area contributed by atoms with Gasteiger partial charge < -0.3 is 10.5 Å². The minimum absolute atomic E-state index is 0.111. The van der Waals surface area contributed by atoms with Crippen molar-refractivity contribution in [3.63, 3.8) is 0 Å². The Hall–Kier alpha value is -0.120. The summed E-state index contributed by atoms with van der Waals surface area (Å²) in [4.78, 5) is 2.38. The summed E-state index contributed by atoms with van der Waals surface area (Å²) in [6.45, 7) is 9.22. The van der Waals surface area contributed by atoms with Crippen LogP contribution in [0.1, 0.15) is 33.1 Å². The van der Waals surface area contributed by atoms with Gasteiger partial charge in [-0.3, -0.25) is 4.90 Å². The van der Waals surface area contributed by atoms with Crippen LogP contribution in [0.5, 0.6) is 0 Å². The summed E-state index contributed by atoms with van der Waals surface area (Å²) in [7, 11) is 0. The fourth-order valence-electron chi connectivity index (χ4n) is 2.10. The molecule has 0 aliphatic carbocycles. The lowest BCUT2D eigenvalue weighted by Gasteiger charge is -2.48. The molecule has 84 valence electrons. The molecule has 0 aromatic carbocycles. The van der Waals surface area contributed by atoms with Gasteiger partial charge in [-0.05, 0) is 12.8 Å². The van der Waals surface area contributed by atoms with E-state index in [1.54, 1.807) is 0 Å². The van der Waals surface area contributed by atoms with E-state index >= 15 is 0 Å². The normalized spacial score (nSPS) is 20.8. The van der Waals surface area contributed by atoms with Crippen molar-refractivity contribution in [2.45, 2.75) is 38.6 Å². The Kier molecular flexibility index (Phi) is 4.85. The van der Waals surface area contributed by atoms with E-state index in [1.807, 2.05) is 0 Å². The van der Waals surface area contributed by atoms with Crippen molar-refractivity contribution >= 4 is 0 Å². The van der Waals surface area contributed by atoms with Crippen LogP contribution < -0.4 is 5.73 Å². The van der Waals surface area contributed by atoms with Gasteiger partial charge in [-0.15, -0.1) is 0 Å². The third kappa shape index (κ3) is 3.56. The Morgan fingerprint density at radius 3 is 2.50 bits per heavy atom. The monoisotopic (exact) mass is 200 g/mol. The van der Waals surface area contributed by atoms with Gasteiger partial charge in [0.15, 0.2) is 0 Å². The zero-order valence-electron chi connectivity index (χ0n) is 9.59. The van der Waals surface area contributed by atoms with E-state index in [4.69, 9.17) is 10.5 Å². The molecule has 0 amide bonds. The van der Waals surface area contributed by atoms with Crippen LogP contribution in [0.25, 0.3) is 0 Å². The van der Waals surface area contributed by atoms with Crippen molar-refractivity contribution in [1.82, 2.24) is 4.90 Å². The number of nitrogens with zero attached hydrogens (tertiary/aromatic N) is 1. The van der Waals surface area contributed by atoms with Gasteiger partial charge in [0.2, 0.25) is 0 Å². The molecule has 0 aromatic heterocycles. The standard InChI is InChI=1S/C11H24N2O/c1-3-5-11(12)9-13(10-11)6-8-14-7-4-2/h3-10,12H2,1-2H3. The highest BCUT2D eigenvalue weighted by atomic mass is 16.5. The third-order valence-corrected chi connectivity index (χ3v) is 2.73. The SMILES string of the molecule is CCCOCCN1CC(N)(CCC)C1. The Balaban J connectivity index is 1.98. The fraction of sp³-hybridized carbons (Fsp3) is 1.00. The first-order valence-electron chi connectivity index (χ1n) is 5.79. The summed E-state index contributed by atoms with van der Waals surface area (Å²) in [6.07, 6.45) is 3.45. The molecule has 0 radical (unpaired) electrons. The van der Waals surface area contributed by atoms with Gasteiger partial charge in [0.05, 0.1) is 6.61 Å². The van der Waals surface area contributed by atoms with Gasteiger partial charge in [-0.1, -0.05) is 20.3 Å². The zero-order chi connectivity index (χ0) is 10.4. The highest BCUT2D eigenvalue weighted by Crippen LogP contribution is 2.22. The zero-order valence-corrected chi connectivity index (χ0v) is 9.59. The second kappa shape index (κ2) is 5.69. The van der Waals surface area contributed by atoms with E-state index in [2.05, 4.69) is 18.7 Å². The van der Waals surface area contributed by atoms with Gasteiger partial charge in [0, 0.05) is 31.8 Å². The lowest BCUT2D eigenvalue weighted by molar-refractivity contribution is 0.0281. The molecule has 1 heterocycles. The van der Waals surface area contributed by atoms with Crippen molar-refractivity contribution in [3.05, 3.63) is 0 Å². The molecule has 1 saturated heterocycles. The van der Waals surface area contributed by atoms with Gasteiger partial charge in [0.25, 0.3) is 0 Å². The largest absolute Gasteiger partial charge is 0.380 e. The summed E-state index contributed by atoms with van der Waals surface area (Å²) in [5.41, 5.74) is 6.26. The van der Waals surface area contributed by atoms with E-state index in [9.17, 15) is 0 Å². The second-order valence-electron chi connectivity index (χ2n) is 4.44. The number of hydrogen-bond acceptors (Lipinski definition) is 3. The van der Waals surface area contributed by atoms with Crippen LogP contribution in [-0.4, -0.2) is 43.3 Å². The van der Waals surface area contributed by atoms with Gasteiger partial charge >= 0.3 is 0 Å². The molecule has 0 bridgehead atoms. The number of rotatable bonds is 7. The fourth-order valence-corrected chi connectivity index (χ4v) is 2.10. The van der Waals surface area contributed by atoms with Crippen LogP contribution >= 0.6 is 0 Å². The first-order valence-corrected chi connectivity index (χ1v) is 5.79. The summed E-state index contributed by atoms with van der Waals surface area (Å²) in [5, 5.41) is 0. The van der Waals surface area contributed by atoms with E-state index in [-0.39, 0.29) is 5.54 Å². The molecule has 2 N–H and O–H groups in total. The molecule has 1 rings (SSSR count). The van der Waals surface area contributed by atoms with Crippen LogP contribution in [-0.2, 0) is 4.74 Å². The molecule has 1 fully saturated rings. The topological polar surface area (TPSA) is 38.5 Å². The minimum Gasteiger partial charge on any atom is -0.380 e.